The Bertz CT molecular complexity index is 913. The van der Waals surface area contributed by atoms with Crippen LogP contribution in [0.5, 0.6) is 0 Å². The van der Waals surface area contributed by atoms with E-state index in [2.05, 4.69) is 20.9 Å². The third-order valence-electron chi connectivity index (χ3n) is 4.43. The monoisotopic (exact) mass is 336 g/mol. The third-order valence-corrected chi connectivity index (χ3v) is 4.43. The molecule has 3 aromatic rings. The molecule has 1 amide bonds. The van der Waals surface area contributed by atoms with Gasteiger partial charge in [0.05, 0.1) is 17.6 Å². The van der Waals surface area contributed by atoms with Crippen LogP contribution >= 0.6 is 0 Å². The van der Waals surface area contributed by atoms with Crippen LogP contribution in [0, 0.1) is 0 Å². The average molecular weight is 336 g/mol. The molecule has 4 heterocycles. The van der Waals surface area contributed by atoms with Crippen molar-refractivity contribution in [3.05, 3.63) is 48.3 Å². The SMILES string of the molecule is CNC(=O)c1ccn2c(-c3cccc(NC4CCNC4)n3)cnc2c1. The summed E-state index contributed by atoms with van der Waals surface area (Å²) < 4.78 is 1.94. The number of rotatable bonds is 4. The van der Waals surface area contributed by atoms with Gasteiger partial charge in [-0.05, 0) is 37.2 Å². The average Bonchev–Trinajstić information content (AvgIpc) is 3.30. The highest BCUT2D eigenvalue weighted by Gasteiger charge is 2.15. The number of hydrogen-bond acceptors (Lipinski definition) is 5. The van der Waals surface area contributed by atoms with Crippen molar-refractivity contribution in [2.75, 3.05) is 25.5 Å². The topological polar surface area (TPSA) is 83.4 Å². The van der Waals surface area contributed by atoms with Gasteiger partial charge in [0.15, 0.2) is 0 Å². The summed E-state index contributed by atoms with van der Waals surface area (Å²) in [5.41, 5.74) is 3.04. The van der Waals surface area contributed by atoms with E-state index in [0.29, 0.717) is 11.6 Å². The number of hydrogen-bond donors (Lipinski definition) is 3. The van der Waals surface area contributed by atoms with E-state index in [-0.39, 0.29) is 5.91 Å². The second-order valence-corrected chi connectivity index (χ2v) is 6.11. The number of nitrogens with zero attached hydrogens (tertiary/aromatic N) is 3. The molecule has 0 radical (unpaired) electrons. The van der Waals surface area contributed by atoms with Crippen LogP contribution in [0.25, 0.3) is 17.0 Å². The van der Waals surface area contributed by atoms with Crippen molar-refractivity contribution in [3.63, 3.8) is 0 Å². The van der Waals surface area contributed by atoms with Crippen molar-refractivity contribution in [1.29, 1.82) is 0 Å². The van der Waals surface area contributed by atoms with Crippen LogP contribution in [0.4, 0.5) is 5.82 Å². The molecule has 1 unspecified atom stereocenters. The number of amides is 1. The molecule has 1 aliphatic rings. The van der Waals surface area contributed by atoms with E-state index in [1.807, 2.05) is 28.8 Å². The van der Waals surface area contributed by atoms with Gasteiger partial charge < -0.3 is 16.0 Å². The Morgan fingerprint density at radius 2 is 2.28 bits per heavy atom. The van der Waals surface area contributed by atoms with Crippen LogP contribution in [0.2, 0.25) is 0 Å². The fourth-order valence-electron chi connectivity index (χ4n) is 3.10. The first-order valence-electron chi connectivity index (χ1n) is 8.38. The van der Waals surface area contributed by atoms with Crippen molar-refractivity contribution in [1.82, 2.24) is 25.0 Å². The molecular weight excluding hydrogens is 316 g/mol. The summed E-state index contributed by atoms with van der Waals surface area (Å²) in [7, 11) is 1.62. The quantitative estimate of drug-likeness (QED) is 0.673. The molecule has 0 saturated carbocycles. The van der Waals surface area contributed by atoms with Crippen molar-refractivity contribution in [3.8, 4) is 11.4 Å². The predicted octanol–water partition coefficient (Wildman–Crippen LogP) is 1.53. The summed E-state index contributed by atoms with van der Waals surface area (Å²) in [5, 5.41) is 9.43. The zero-order valence-corrected chi connectivity index (χ0v) is 14.0. The van der Waals surface area contributed by atoms with Crippen molar-refractivity contribution < 1.29 is 4.79 Å². The number of nitrogens with one attached hydrogen (secondary N) is 3. The molecule has 7 heteroatoms. The predicted molar refractivity (Wildman–Crippen MR) is 96.7 cm³/mol. The second-order valence-electron chi connectivity index (χ2n) is 6.11. The minimum atomic E-state index is -0.124. The molecule has 1 aliphatic heterocycles. The Kier molecular flexibility index (Phi) is 4.07. The number of imidazole rings is 1. The van der Waals surface area contributed by atoms with Gasteiger partial charge in [0, 0.05) is 31.4 Å². The maximum atomic E-state index is 11.8. The van der Waals surface area contributed by atoms with Crippen LogP contribution in [-0.2, 0) is 0 Å². The van der Waals surface area contributed by atoms with Crippen molar-refractivity contribution >= 4 is 17.4 Å². The van der Waals surface area contributed by atoms with Crippen LogP contribution in [0.3, 0.4) is 0 Å². The highest BCUT2D eigenvalue weighted by molar-refractivity contribution is 5.94. The Labute approximate surface area is 145 Å². The Morgan fingerprint density at radius 1 is 1.36 bits per heavy atom. The largest absolute Gasteiger partial charge is 0.366 e. The summed E-state index contributed by atoms with van der Waals surface area (Å²) in [4.78, 5) is 20.9. The summed E-state index contributed by atoms with van der Waals surface area (Å²) >= 11 is 0. The van der Waals surface area contributed by atoms with Gasteiger partial charge in [0.25, 0.3) is 5.91 Å². The zero-order valence-electron chi connectivity index (χ0n) is 14.0. The van der Waals surface area contributed by atoms with E-state index < -0.39 is 0 Å². The van der Waals surface area contributed by atoms with E-state index >= 15 is 0 Å². The molecule has 3 N–H and O–H groups in total. The van der Waals surface area contributed by atoms with Crippen LogP contribution in [-0.4, -0.2) is 46.5 Å². The van der Waals surface area contributed by atoms with Gasteiger partial charge in [-0.25, -0.2) is 9.97 Å². The first kappa shape index (κ1) is 15.6. The van der Waals surface area contributed by atoms with Crippen molar-refractivity contribution in [2.45, 2.75) is 12.5 Å². The standard InChI is InChI=1S/C18H20N6O/c1-19-18(25)12-6-8-24-15(11-21-17(24)9-12)14-3-2-4-16(23-14)22-13-5-7-20-10-13/h2-4,6,8-9,11,13,20H,5,7,10H2,1H3,(H,19,25)(H,22,23). The van der Waals surface area contributed by atoms with Gasteiger partial charge in [0.2, 0.25) is 0 Å². The van der Waals surface area contributed by atoms with E-state index in [4.69, 9.17) is 4.98 Å². The highest BCUT2D eigenvalue weighted by Crippen LogP contribution is 2.21. The molecule has 25 heavy (non-hydrogen) atoms. The minimum absolute atomic E-state index is 0.124. The lowest BCUT2D eigenvalue weighted by atomic mass is 10.2. The summed E-state index contributed by atoms with van der Waals surface area (Å²) in [6.45, 7) is 2.00. The van der Waals surface area contributed by atoms with Gasteiger partial charge in [-0.15, -0.1) is 0 Å². The number of aromatic nitrogens is 3. The molecular formula is C18H20N6O. The smallest absolute Gasteiger partial charge is 0.251 e. The number of anilines is 1. The first-order chi connectivity index (χ1) is 12.2. The lowest BCUT2D eigenvalue weighted by molar-refractivity contribution is 0.0963. The zero-order chi connectivity index (χ0) is 17.2. The third kappa shape index (κ3) is 3.06. The number of carbonyl (C=O) groups is 1. The Morgan fingerprint density at radius 3 is 3.08 bits per heavy atom. The van der Waals surface area contributed by atoms with E-state index in [1.165, 1.54) is 0 Å². The van der Waals surface area contributed by atoms with Crippen LogP contribution < -0.4 is 16.0 Å². The highest BCUT2D eigenvalue weighted by atomic mass is 16.1. The molecule has 7 nitrogen and oxygen atoms in total. The van der Waals surface area contributed by atoms with Gasteiger partial charge in [0.1, 0.15) is 11.5 Å². The molecule has 4 rings (SSSR count). The first-order valence-corrected chi connectivity index (χ1v) is 8.38. The van der Waals surface area contributed by atoms with E-state index in [9.17, 15) is 4.79 Å². The van der Waals surface area contributed by atoms with Crippen LogP contribution in [0.15, 0.2) is 42.7 Å². The molecule has 128 valence electrons. The maximum absolute atomic E-state index is 11.8. The van der Waals surface area contributed by atoms with Crippen molar-refractivity contribution in [2.24, 2.45) is 0 Å². The number of pyridine rings is 2. The summed E-state index contributed by atoms with van der Waals surface area (Å²) in [6.07, 6.45) is 4.74. The Hall–Kier alpha value is -2.93. The minimum Gasteiger partial charge on any atom is -0.366 e. The summed E-state index contributed by atoms with van der Waals surface area (Å²) in [5.74, 6) is 0.740. The van der Waals surface area contributed by atoms with E-state index in [0.717, 1.165) is 42.4 Å². The molecule has 0 aliphatic carbocycles. The molecule has 1 atom stereocenters. The number of fused-ring (bicyclic) bond motifs is 1. The number of carbonyl (C=O) groups excluding carboxylic acids is 1. The second kappa shape index (κ2) is 6.52. The van der Waals surface area contributed by atoms with E-state index in [1.54, 1.807) is 25.4 Å². The maximum Gasteiger partial charge on any atom is 0.251 e. The molecule has 0 aromatic carbocycles. The summed E-state index contributed by atoms with van der Waals surface area (Å²) in [6, 6.07) is 9.91. The molecule has 0 spiro atoms. The normalized spacial score (nSPS) is 16.9. The molecule has 1 saturated heterocycles. The molecule has 1 fully saturated rings. The molecule has 0 bridgehead atoms. The van der Waals surface area contributed by atoms with Gasteiger partial charge in [-0.2, -0.15) is 0 Å². The van der Waals surface area contributed by atoms with Crippen LogP contribution in [0.1, 0.15) is 16.8 Å². The van der Waals surface area contributed by atoms with Gasteiger partial charge >= 0.3 is 0 Å². The van der Waals surface area contributed by atoms with Gasteiger partial charge in [-0.1, -0.05) is 6.07 Å². The fourth-order valence-corrected chi connectivity index (χ4v) is 3.10. The fraction of sp³-hybridized carbons (Fsp3) is 0.278. The lowest BCUT2D eigenvalue weighted by Crippen LogP contribution is -2.22. The lowest BCUT2D eigenvalue weighted by Gasteiger charge is -2.12. The van der Waals surface area contributed by atoms with Gasteiger partial charge in [-0.3, -0.25) is 9.20 Å². The molecule has 3 aromatic heterocycles. The Balaban J connectivity index is 1.66.